The minimum absolute atomic E-state index is 0.215. The fourth-order valence-corrected chi connectivity index (χ4v) is 2.67. The van der Waals surface area contributed by atoms with E-state index in [2.05, 4.69) is 0 Å². The SMILES string of the molecule is O=C1CCCCc2cc(-c3ccccc3F)ccc21. The van der Waals surface area contributed by atoms with E-state index in [1.807, 2.05) is 24.3 Å². The van der Waals surface area contributed by atoms with E-state index in [0.29, 0.717) is 12.0 Å². The fraction of sp³-hybridized carbons (Fsp3) is 0.235. The summed E-state index contributed by atoms with van der Waals surface area (Å²) < 4.78 is 13.8. The topological polar surface area (TPSA) is 17.1 Å². The summed E-state index contributed by atoms with van der Waals surface area (Å²) in [5.41, 5.74) is 3.33. The first-order chi connectivity index (χ1) is 9.25. The van der Waals surface area contributed by atoms with Crippen LogP contribution >= 0.6 is 0 Å². The Morgan fingerprint density at radius 2 is 1.68 bits per heavy atom. The first kappa shape index (κ1) is 12.1. The molecule has 0 fully saturated rings. The Bertz CT molecular complexity index is 631. The van der Waals surface area contributed by atoms with Crippen LogP contribution in [0.1, 0.15) is 35.2 Å². The Morgan fingerprint density at radius 1 is 0.895 bits per heavy atom. The fourth-order valence-electron chi connectivity index (χ4n) is 2.67. The number of Topliss-reactive ketones (excluding diaryl/α,β-unsaturated/α-hetero) is 1. The lowest BCUT2D eigenvalue weighted by Crippen LogP contribution is -2.00. The number of fused-ring (bicyclic) bond motifs is 1. The zero-order chi connectivity index (χ0) is 13.2. The van der Waals surface area contributed by atoms with Crippen molar-refractivity contribution in [3.63, 3.8) is 0 Å². The average Bonchev–Trinajstić information content (AvgIpc) is 2.61. The maximum absolute atomic E-state index is 13.8. The third-order valence-corrected chi connectivity index (χ3v) is 3.69. The van der Waals surface area contributed by atoms with E-state index in [9.17, 15) is 9.18 Å². The van der Waals surface area contributed by atoms with Gasteiger partial charge in [0.25, 0.3) is 0 Å². The van der Waals surface area contributed by atoms with Crippen molar-refractivity contribution in [1.29, 1.82) is 0 Å². The second-order valence-electron chi connectivity index (χ2n) is 4.98. The Morgan fingerprint density at radius 3 is 2.53 bits per heavy atom. The molecule has 3 rings (SSSR count). The Hall–Kier alpha value is -1.96. The number of benzene rings is 2. The highest BCUT2D eigenvalue weighted by molar-refractivity contribution is 5.98. The molecule has 1 aliphatic carbocycles. The van der Waals surface area contributed by atoms with E-state index in [-0.39, 0.29) is 11.6 Å². The van der Waals surface area contributed by atoms with Crippen LogP contribution in [0.25, 0.3) is 11.1 Å². The first-order valence-corrected chi connectivity index (χ1v) is 6.67. The number of carbonyl (C=O) groups is 1. The van der Waals surface area contributed by atoms with Crippen LogP contribution in [0.15, 0.2) is 42.5 Å². The molecule has 0 saturated heterocycles. The standard InChI is InChI=1S/C17H15FO/c18-16-7-3-2-6-14(16)13-9-10-15-12(11-13)5-1-4-8-17(15)19/h2-3,6-7,9-11H,1,4-5,8H2. The van der Waals surface area contributed by atoms with Gasteiger partial charge in [0.1, 0.15) is 5.82 Å². The Labute approximate surface area is 112 Å². The van der Waals surface area contributed by atoms with Gasteiger partial charge in [0, 0.05) is 17.5 Å². The van der Waals surface area contributed by atoms with Crippen LogP contribution in [0.2, 0.25) is 0 Å². The minimum atomic E-state index is -0.220. The zero-order valence-electron chi connectivity index (χ0n) is 10.7. The van der Waals surface area contributed by atoms with Crippen LogP contribution in [0.3, 0.4) is 0 Å². The molecule has 0 radical (unpaired) electrons. The molecule has 0 aromatic heterocycles. The van der Waals surface area contributed by atoms with Gasteiger partial charge in [-0.1, -0.05) is 36.4 Å². The number of hydrogen-bond donors (Lipinski definition) is 0. The number of hydrogen-bond acceptors (Lipinski definition) is 1. The number of ketones is 1. The molecule has 0 aliphatic heterocycles. The highest BCUT2D eigenvalue weighted by Crippen LogP contribution is 2.28. The van der Waals surface area contributed by atoms with Gasteiger partial charge in [-0.2, -0.15) is 0 Å². The van der Waals surface area contributed by atoms with Crippen LogP contribution in [0.5, 0.6) is 0 Å². The summed E-state index contributed by atoms with van der Waals surface area (Å²) in [5, 5.41) is 0. The molecular weight excluding hydrogens is 239 g/mol. The van der Waals surface area contributed by atoms with Crippen molar-refractivity contribution in [1.82, 2.24) is 0 Å². The third-order valence-electron chi connectivity index (χ3n) is 3.69. The molecule has 96 valence electrons. The maximum atomic E-state index is 13.8. The third kappa shape index (κ3) is 2.30. The molecule has 0 N–H and O–H groups in total. The lowest BCUT2D eigenvalue weighted by atomic mass is 9.96. The van der Waals surface area contributed by atoms with Crippen molar-refractivity contribution in [2.75, 3.05) is 0 Å². The largest absolute Gasteiger partial charge is 0.294 e. The summed E-state index contributed by atoms with van der Waals surface area (Å²) in [6.45, 7) is 0. The van der Waals surface area contributed by atoms with E-state index >= 15 is 0 Å². The zero-order valence-corrected chi connectivity index (χ0v) is 10.7. The molecule has 2 aromatic rings. The second kappa shape index (κ2) is 4.96. The molecule has 1 aliphatic rings. The van der Waals surface area contributed by atoms with Crippen LogP contribution in [0.4, 0.5) is 4.39 Å². The van der Waals surface area contributed by atoms with Gasteiger partial charge in [-0.3, -0.25) is 4.79 Å². The number of rotatable bonds is 1. The van der Waals surface area contributed by atoms with Crippen LogP contribution in [-0.2, 0) is 6.42 Å². The number of carbonyl (C=O) groups excluding carboxylic acids is 1. The predicted molar refractivity (Wildman–Crippen MR) is 73.7 cm³/mol. The average molecular weight is 254 g/mol. The molecule has 1 nitrogen and oxygen atoms in total. The van der Waals surface area contributed by atoms with Gasteiger partial charge in [0.05, 0.1) is 0 Å². The molecule has 0 bridgehead atoms. The summed E-state index contributed by atoms with van der Waals surface area (Å²) >= 11 is 0. The van der Waals surface area contributed by atoms with E-state index in [0.717, 1.165) is 36.0 Å². The molecule has 19 heavy (non-hydrogen) atoms. The quantitative estimate of drug-likeness (QED) is 0.689. The van der Waals surface area contributed by atoms with Crippen molar-refractivity contribution < 1.29 is 9.18 Å². The molecule has 0 saturated carbocycles. The summed E-state index contributed by atoms with van der Waals surface area (Å²) in [4.78, 5) is 11.9. The molecule has 0 unspecified atom stereocenters. The summed E-state index contributed by atoms with van der Waals surface area (Å²) in [6, 6.07) is 12.4. The molecule has 0 amide bonds. The van der Waals surface area contributed by atoms with E-state index in [1.165, 1.54) is 6.07 Å². The monoisotopic (exact) mass is 254 g/mol. The number of aryl methyl sites for hydroxylation is 1. The van der Waals surface area contributed by atoms with Gasteiger partial charge in [0.15, 0.2) is 5.78 Å². The van der Waals surface area contributed by atoms with Crippen molar-refractivity contribution in [2.24, 2.45) is 0 Å². The van der Waals surface area contributed by atoms with Gasteiger partial charge in [0.2, 0.25) is 0 Å². The van der Waals surface area contributed by atoms with Crippen molar-refractivity contribution in [3.05, 3.63) is 59.4 Å². The van der Waals surface area contributed by atoms with Crippen LogP contribution in [0, 0.1) is 5.82 Å². The number of halogens is 1. The molecule has 0 heterocycles. The summed E-state index contributed by atoms with van der Waals surface area (Å²) in [6.07, 6.45) is 3.51. The Kier molecular flexibility index (Phi) is 3.16. The lowest BCUT2D eigenvalue weighted by Gasteiger charge is -2.09. The van der Waals surface area contributed by atoms with Gasteiger partial charge in [-0.05, 0) is 36.5 Å². The maximum Gasteiger partial charge on any atom is 0.163 e. The van der Waals surface area contributed by atoms with Crippen LogP contribution in [-0.4, -0.2) is 5.78 Å². The minimum Gasteiger partial charge on any atom is -0.294 e. The van der Waals surface area contributed by atoms with Gasteiger partial charge in [-0.25, -0.2) is 4.39 Å². The molecule has 0 atom stereocenters. The van der Waals surface area contributed by atoms with E-state index < -0.39 is 0 Å². The van der Waals surface area contributed by atoms with Crippen molar-refractivity contribution in [3.8, 4) is 11.1 Å². The predicted octanol–water partition coefficient (Wildman–Crippen LogP) is 4.40. The lowest BCUT2D eigenvalue weighted by molar-refractivity contribution is 0.0982. The van der Waals surface area contributed by atoms with Gasteiger partial charge < -0.3 is 0 Å². The normalized spacial score (nSPS) is 14.9. The van der Waals surface area contributed by atoms with Crippen molar-refractivity contribution in [2.45, 2.75) is 25.7 Å². The van der Waals surface area contributed by atoms with Gasteiger partial charge >= 0.3 is 0 Å². The summed E-state index contributed by atoms with van der Waals surface area (Å²) in [7, 11) is 0. The van der Waals surface area contributed by atoms with E-state index in [4.69, 9.17) is 0 Å². The molecule has 0 spiro atoms. The molecule has 2 aromatic carbocycles. The highest BCUT2D eigenvalue weighted by Gasteiger charge is 2.16. The Balaban J connectivity index is 2.09. The first-order valence-electron chi connectivity index (χ1n) is 6.67. The highest BCUT2D eigenvalue weighted by atomic mass is 19.1. The van der Waals surface area contributed by atoms with Gasteiger partial charge in [-0.15, -0.1) is 0 Å². The van der Waals surface area contributed by atoms with Crippen molar-refractivity contribution >= 4 is 5.78 Å². The molecular formula is C17H15FO. The second-order valence-corrected chi connectivity index (χ2v) is 4.98. The van der Waals surface area contributed by atoms with E-state index in [1.54, 1.807) is 12.1 Å². The molecule has 2 heteroatoms. The van der Waals surface area contributed by atoms with Crippen LogP contribution < -0.4 is 0 Å². The smallest absolute Gasteiger partial charge is 0.163 e. The summed E-state index contributed by atoms with van der Waals surface area (Å²) in [5.74, 6) is -0.00465.